The molecule has 5 nitrogen and oxygen atoms in total. The average Bonchev–Trinajstić information content (AvgIpc) is 2.24. The molecule has 80 valence electrons. The third kappa shape index (κ3) is 3.68. The largest absolute Gasteiger partial charge is 0.496 e. The minimum absolute atomic E-state index is 0.453. The summed E-state index contributed by atoms with van der Waals surface area (Å²) in [4.78, 5) is 14.6. The van der Waals surface area contributed by atoms with Gasteiger partial charge in [-0.3, -0.25) is 0 Å². The summed E-state index contributed by atoms with van der Waals surface area (Å²) in [6, 6.07) is 7.21. The van der Waals surface area contributed by atoms with Gasteiger partial charge in [-0.25, -0.2) is 4.79 Å². The fourth-order valence-electron chi connectivity index (χ4n) is 0.960. The molecule has 0 aliphatic heterocycles. The van der Waals surface area contributed by atoms with E-state index in [4.69, 9.17) is 9.84 Å². The standard InChI is InChI=1S/C10H11NO4/c1-14-9-5-3-2-4-8(9)6-11-15-7-10(12)13/h2-6H,7H2,1H3,(H,12,13)/b11-6+. The van der Waals surface area contributed by atoms with Crippen molar-refractivity contribution in [3.05, 3.63) is 29.8 Å². The topological polar surface area (TPSA) is 68.1 Å². The van der Waals surface area contributed by atoms with Gasteiger partial charge in [0.25, 0.3) is 0 Å². The minimum atomic E-state index is -1.06. The smallest absolute Gasteiger partial charge is 0.344 e. The summed E-state index contributed by atoms with van der Waals surface area (Å²) in [6.07, 6.45) is 1.40. The SMILES string of the molecule is COc1ccccc1/C=N/OCC(=O)O. The summed E-state index contributed by atoms with van der Waals surface area (Å²) in [5, 5.41) is 11.8. The summed E-state index contributed by atoms with van der Waals surface area (Å²) >= 11 is 0. The van der Waals surface area contributed by atoms with Crippen LogP contribution in [-0.2, 0) is 9.63 Å². The Kier molecular flexibility index (Phi) is 4.15. The maximum Gasteiger partial charge on any atom is 0.344 e. The lowest BCUT2D eigenvalue weighted by atomic mass is 10.2. The number of methoxy groups -OCH3 is 1. The van der Waals surface area contributed by atoms with E-state index in [1.54, 1.807) is 19.2 Å². The van der Waals surface area contributed by atoms with Crippen molar-refractivity contribution in [1.82, 2.24) is 0 Å². The summed E-state index contributed by atoms with van der Waals surface area (Å²) in [6.45, 7) is -0.453. The first-order chi connectivity index (χ1) is 7.24. The number of aliphatic carboxylic acids is 1. The predicted octanol–water partition coefficient (Wildman–Crippen LogP) is 1.13. The lowest BCUT2D eigenvalue weighted by Crippen LogP contribution is -2.03. The monoisotopic (exact) mass is 209 g/mol. The number of nitrogens with zero attached hydrogens (tertiary/aromatic N) is 1. The lowest BCUT2D eigenvalue weighted by molar-refractivity contribution is -0.142. The number of ether oxygens (including phenoxy) is 1. The van der Waals surface area contributed by atoms with E-state index in [2.05, 4.69) is 9.99 Å². The molecule has 0 bridgehead atoms. The van der Waals surface area contributed by atoms with Gasteiger partial charge in [0.15, 0.2) is 0 Å². The van der Waals surface area contributed by atoms with E-state index in [0.29, 0.717) is 5.75 Å². The number of hydrogen-bond acceptors (Lipinski definition) is 4. The average molecular weight is 209 g/mol. The molecule has 0 heterocycles. The summed E-state index contributed by atoms with van der Waals surface area (Å²) in [5.41, 5.74) is 0.727. The number of carbonyl (C=O) groups is 1. The second kappa shape index (κ2) is 5.64. The minimum Gasteiger partial charge on any atom is -0.496 e. The van der Waals surface area contributed by atoms with E-state index in [1.807, 2.05) is 12.1 Å². The van der Waals surface area contributed by atoms with E-state index in [-0.39, 0.29) is 0 Å². The fraction of sp³-hybridized carbons (Fsp3) is 0.200. The third-order valence-electron chi connectivity index (χ3n) is 1.59. The molecular weight excluding hydrogens is 198 g/mol. The quantitative estimate of drug-likeness (QED) is 0.583. The third-order valence-corrected chi connectivity index (χ3v) is 1.59. The van der Waals surface area contributed by atoms with Crippen LogP contribution in [-0.4, -0.2) is 31.0 Å². The van der Waals surface area contributed by atoms with Crippen molar-refractivity contribution in [1.29, 1.82) is 0 Å². The zero-order valence-electron chi connectivity index (χ0n) is 8.21. The summed E-state index contributed by atoms with van der Waals surface area (Å²) < 4.78 is 5.06. The van der Waals surface area contributed by atoms with Crippen LogP contribution in [0.1, 0.15) is 5.56 Å². The molecule has 0 unspecified atom stereocenters. The van der Waals surface area contributed by atoms with Gasteiger partial charge in [-0.15, -0.1) is 0 Å². The Labute approximate surface area is 86.9 Å². The molecule has 0 radical (unpaired) electrons. The highest BCUT2D eigenvalue weighted by atomic mass is 16.6. The molecule has 1 aromatic carbocycles. The van der Waals surface area contributed by atoms with E-state index >= 15 is 0 Å². The van der Waals surface area contributed by atoms with Crippen LogP contribution in [0.2, 0.25) is 0 Å². The predicted molar refractivity (Wildman–Crippen MR) is 54.2 cm³/mol. The molecule has 15 heavy (non-hydrogen) atoms. The molecule has 0 saturated carbocycles. The van der Waals surface area contributed by atoms with Crippen LogP contribution < -0.4 is 4.74 Å². The maximum atomic E-state index is 10.1. The van der Waals surface area contributed by atoms with Crippen molar-refractivity contribution >= 4 is 12.2 Å². The molecule has 0 aliphatic carbocycles. The second-order valence-corrected chi connectivity index (χ2v) is 2.64. The number of carboxylic acids is 1. The van der Waals surface area contributed by atoms with Crippen LogP contribution in [0.15, 0.2) is 29.4 Å². The van der Waals surface area contributed by atoms with Crippen LogP contribution in [0, 0.1) is 0 Å². The first kappa shape index (κ1) is 11.0. The van der Waals surface area contributed by atoms with E-state index < -0.39 is 12.6 Å². The van der Waals surface area contributed by atoms with Gasteiger partial charge in [0, 0.05) is 5.56 Å². The van der Waals surface area contributed by atoms with E-state index in [9.17, 15) is 4.79 Å². The molecule has 0 saturated heterocycles. The number of rotatable bonds is 5. The van der Waals surface area contributed by atoms with Crippen LogP contribution in [0.4, 0.5) is 0 Å². The highest BCUT2D eigenvalue weighted by Gasteiger charge is 1.98. The van der Waals surface area contributed by atoms with Crippen molar-refractivity contribution < 1.29 is 19.5 Å². The first-order valence-electron chi connectivity index (χ1n) is 4.24. The zero-order chi connectivity index (χ0) is 11.1. The van der Waals surface area contributed by atoms with Gasteiger partial charge >= 0.3 is 5.97 Å². The Morgan fingerprint density at radius 1 is 1.53 bits per heavy atom. The number of benzene rings is 1. The second-order valence-electron chi connectivity index (χ2n) is 2.64. The molecule has 0 fully saturated rings. The van der Waals surface area contributed by atoms with Crippen LogP contribution in [0.3, 0.4) is 0 Å². The van der Waals surface area contributed by atoms with Crippen molar-refractivity contribution in [2.75, 3.05) is 13.7 Å². The van der Waals surface area contributed by atoms with Gasteiger partial charge in [-0.2, -0.15) is 0 Å². The molecule has 1 N–H and O–H groups in total. The molecule has 0 spiro atoms. The highest BCUT2D eigenvalue weighted by Crippen LogP contribution is 2.14. The molecule has 0 atom stereocenters. The Balaban J connectivity index is 2.59. The Hall–Kier alpha value is -2.04. The molecular formula is C10H11NO4. The van der Waals surface area contributed by atoms with Crippen molar-refractivity contribution in [3.8, 4) is 5.75 Å². The Morgan fingerprint density at radius 2 is 2.27 bits per heavy atom. The maximum absolute atomic E-state index is 10.1. The number of hydrogen-bond donors (Lipinski definition) is 1. The Bertz CT molecular complexity index is 362. The van der Waals surface area contributed by atoms with Gasteiger partial charge in [0.1, 0.15) is 5.75 Å². The number of oxime groups is 1. The van der Waals surface area contributed by atoms with Crippen LogP contribution in [0.5, 0.6) is 5.75 Å². The van der Waals surface area contributed by atoms with Crippen molar-refractivity contribution in [2.45, 2.75) is 0 Å². The molecule has 0 aliphatic rings. The van der Waals surface area contributed by atoms with E-state index in [1.165, 1.54) is 6.21 Å². The Morgan fingerprint density at radius 3 is 2.93 bits per heavy atom. The van der Waals surface area contributed by atoms with Gasteiger partial charge in [0.2, 0.25) is 6.61 Å². The van der Waals surface area contributed by atoms with Gasteiger partial charge in [-0.05, 0) is 12.1 Å². The van der Waals surface area contributed by atoms with Gasteiger partial charge in [-0.1, -0.05) is 17.3 Å². The van der Waals surface area contributed by atoms with Gasteiger partial charge in [0.05, 0.1) is 13.3 Å². The summed E-state index contributed by atoms with van der Waals surface area (Å²) in [7, 11) is 1.55. The van der Waals surface area contributed by atoms with Crippen molar-refractivity contribution in [3.63, 3.8) is 0 Å². The molecule has 1 rings (SSSR count). The molecule has 0 aromatic heterocycles. The normalized spacial score (nSPS) is 10.2. The number of carboxylic acid groups (broad SMARTS) is 1. The first-order valence-corrected chi connectivity index (χ1v) is 4.24. The van der Waals surface area contributed by atoms with Crippen molar-refractivity contribution in [2.24, 2.45) is 5.16 Å². The van der Waals surface area contributed by atoms with Gasteiger partial charge < -0.3 is 14.7 Å². The summed E-state index contributed by atoms with van der Waals surface area (Å²) in [5.74, 6) is -0.410. The fourth-order valence-corrected chi connectivity index (χ4v) is 0.960. The van der Waals surface area contributed by atoms with Crippen LogP contribution in [0.25, 0.3) is 0 Å². The van der Waals surface area contributed by atoms with E-state index in [0.717, 1.165) is 5.56 Å². The molecule has 1 aromatic rings. The molecule has 0 amide bonds. The highest BCUT2D eigenvalue weighted by molar-refractivity contribution is 5.83. The molecule has 5 heteroatoms. The zero-order valence-corrected chi connectivity index (χ0v) is 8.21. The lowest BCUT2D eigenvalue weighted by Gasteiger charge is -2.02. The van der Waals surface area contributed by atoms with Crippen LogP contribution >= 0.6 is 0 Å². The number of para-hydroxylation sites is 1.